The summed E-state index contributed by atoms with van der Waals surface area (Å²) in [5.74, 6) is 0.0842. The Bertz CT molecular complexity index is 1250. The summed E-state index contributed by atoms with van der Waals surface area (Å²) in [7, 11) is 0. The van der Waals surface area contributed by atoms with Gasteiger partial charge in [-0.25, -0.2) is 4.79 Å². The molecule has 1 amide bonds. The normalized spacial score (nSPS) is 13.8. The number of carbonyl (C=O) groups is 2. The summed E-state index contributed by atoms with van der Waals surface area (Å²) in [6.07, 6.45) is 1.86. The number of ether oxygens (including phenoxy) is 1. The van der Waals surface area contributed by atoms with Gasteiger partial charge in [-0.15, -0.1) is 11.3 Å². The molecule has 0 saturated heterocycles. The summed E-state index contributed by atoms with van der Waals surface area (Å²) in [6.45, 7) is 7.92. The maximum absolute atomic E-state index is 13.1. The highest BCUT2D eigenvalue weighted by molar-refractivity contribution is 7.16. The first-order valence-electron chi connectivity index (χ1n) is 12.1. The number of benzene rings is 2. The second-order valence-corrected chi connectivity index (χ2v) is 11.2. The summed E-state index contributed by atoms with van der Waals surface area (Å²) in [5, 5.41) is 13.3. The molecule has 190 valence electrons. The van der Waals surface area contributed by atoms with Gasteiger partial charge in [-0.3, -0.25) is 15.0 Å². The number of rotatable bonds is 7. The molecule has 4 N–H and O–H groups in total. The number of aryl methyl sites for hydroxylation is 1. The number of amides is 1. The van der Waals surface area contributed by atoms with E-state index < -0.39 is 11.7 Å². The summed E-state index contributed by atoms with van der Waals surface area (Å²) in [6, 6.07) is 14.3. The summed E-state index contributed by atoms with van der Waals surface area (Å²) in [5.41, 5.74) is 9.61. The third kappa shape index (κ3) is 6.25. The molecule has 0 bridgehead atoms. The number of nitrogens with one attached hydrogen (secondary N) is 1. The maximum atomic E-state index is 13.1. The Morgan fingerprint density at radius 3 is 2.64 bits per heavy atom. The van der Waals surface area contributed by atoms with Crippen molar-refractivity contribution in [1.29, 1.82) is 0 Å². The van der Waals surface area contributed by atoms with E-state index in [0.29, 0.717) is 21.8 Å². The molecule has 0 fully saturated rings. The second kappa shape index (κ2) is 10.7. The monoisotopic (exact) mass is 507 g/mol. The lowest BCUT2D eigenvalue weighted by Crippen LogP contribution is -2.31. The number of nitrogens with zero attached hydrogens (tertiary/aromatic N) is 1. The lowest BCUT2D eigenvalue weighted by Gasteiger charge is -2.27. The third-order valence-corrected chi connectivity index (χ3v) is 7.12. The smallest absolute Gasteiger partial charge is 0.412 e. The van der Waals surface area contributed by atoms with Crippen molar-refractivity contribution in [2.45, 2.75) is 52.2 Å². The molecule has 1 aromatic heterocycles. The minimum Gasteiger partial charge on any atom is -0.508 e. The number of aromatic hydroxyl groups is 1. The Hall–Kier alpha value is -3.36. The highest BCUT2D eigenvalue weighted by Gasteiger charge is 2.27. The van der Waals surface area contributed by atoms with Crippen molar-refractivity contribution in [3.63, 3.8) is 0 Å². The average molecular weight is 508 g/mol. The lowest BCUT2D eigenvalue weighted by atomic mass is 9.96. The van der Waals surface area contributed by atoms with Crippen molar-refractivity contribution < 1.29 is 19.4 Å². The largest absolute Gasteiger partial charge is 0.508 e. The molecule has 0 atom stereocenters. The number of hydrogen-bond acceptors (Lipinski definition) is 7. The van der Waals surface area contributed by atoms with Crippen LogP contribution in [0, 0.1) is 0 Å². The summed E-state index contributed by atoms with van der Waals surface area (Å²) in [4.78, 5) is 28.9. The van der Waals surface area contributed by atoms with Gasteiger partial charge in [0.05, 0.1) is 16.3 Å². The van der Waals surface area contributed by atoms with Gasteiger partial charge in [0.2, 0.25) is 0 Å². The molecule has 7 nitrogen and oxygen atoms in total. The molecule has 2 aromatic carbocycles. The van der Waals surface area contributed by atoms with Gasteiger partial charge >= 0.3 is 6.09 Å². The van der Waals surface area contributed by atoms with Crippen LogP contribution in [-0.4, -0.2) is 40.6 Å². The van der Waals surface area contributed by atoms with Crippen LogP contribution in [0.3, 0.4) is 0 Å². The van der Waals surface area contributed by atoms with Gasteiger partial charge in [0, 0.05) is 29.6 Å². The molecule has 0 saturated carbocycles. The number of phenolic OH excluding ortho intramolecular Hbond substituents is 1. The first-order chi connectivity index (χ1) is 17.1. The van der Waals surface area contributed by atoms with Crippen LogP contribution in [0.2, 0.25) is 0 Å². The summed E-state index contributed by atoms with van der Waals surface area (Å²) < 4.78 is 5.35. The average Bonchev–Trinajstić information content (AvgIpc) is 3.14. The van der Waals surface area contributed by atoms with E-state index in [1.165, 1.54) is 11.3 Å². The minimum absolute atomic E-state index is 0.00334. The van der Waals surface area contributed by atoms with Gasteiger partial charge in [0.1, 0.15) is 11.4 Å². The van der Waals surface area contributed by atoms with Crippen molar-refractivity contribution in [2.75, 3.05) is 24.1 Å². The molecule has 8 heteroatoms. The van der Waals surface area contributed by atoms with E-state index in [9.17, 15) is 14.7 Å². The van der Waals surface area contributed by atoms with Gasteiger partial charge in [0.15, 0.2) is 5.78 Å². The predicted octanol–water partition coefficient (Wildman–Crippen LogP) is 5.60. The Kier molecular flexibility index (Phi) is 7.66. The number of phenols is 1. The molecule has 0 unspecified atom stereocenters. The van der Waals surface area contributed by atoms with Crippen molar-refractivity contribution in [2.24, 2.45) is 0 Å². The molecule has 2 heterocycles. The fourth-order valence-corrected chi connectivity index (χ4v) is 5.61. The fraction of sp³-hybridized carbons (Fsp3) is 0.357. The Morgan fingerprint density at radius 2 is 1.92 bits per heavy atom. The van der Waals surface area contributed by atoms with Crippen molar-refractivity contribution >= 4 is 33.9 Å². The van der Waals surface area contributed by atoms with Crippen molar-refractivity contribution in [3.8, 4) is 5.75 Å². The number of anilines is 2. The van der Waals surface area contributed by atoms with Crippen molar-refractivity contribution in [3.05, 3.63) is 75.7 Å². The molecule has 0 radical (unpaired) electrons. The number of nitrogen functional groups attached to an aromatic ring is 1. The molecule has 0 spiro atoms. The van der Waals surface area contributed by atoms with E-state index in [1.54, 1.807) is 12.1 Å². The van der Waals surface area contributed by atoms with Crippen LogP contribution in [-0.2, 0) is 24.1 Å². The molecule has 1 aliphatic rings. The molecule has 0 aliphatic carbocycles. The number of fused-ring (bicyclic) bond motifs is 1. The van der Waals surface area contributed by atoms with Crippen LogP contribution >= 0.6 is 11.3 Å². The Balaban J connectivity index is 1.37. The molecule has 36 heavy (non-hydrogen) atoms. The van der Waals surface area contributed by atoms with E-state index in [1.807, 2.05) is 57.2 Å². The first-order valence-corrected chi connectivity index (χ1v) is 13.0. The molecule has 1 aliphatic heterocycles. The van der Waals surface area contributed by atoms with E-state index in [0.717, 1.165) is 54.9 Å². The maximum Gasteiger partial charge on any atom is 0.412 e. The lowest BCUT2D eigenvalue weighted by molar-refractivity contribution is 0.0635. The van der Waals surface area contributed by atoms with E-state index in [4.69, 9.17) is 10.5 Å². The van der Waals surface area contributed by atoms with Gasteiger partial charge in [-0.2, -0.15) is 0 Å². The topological polar surface area (TPSA) is 105 Å². The highest BCUT2D eigenvalue weighted by atomic mass is 32.1. The standard InChI is InChI=1S/C28H33N3O4S/c1-28(2,3)35-27(34)30-22-16-20(32)12-11-18(22)10-7-14-31-15-13-21-23(17-31)36-26(29)24(21)25(33)19-8-5-4-6-9-19/h4-6,8-9,11-12,16,32H,7,10,13-15,17,29H2,1-3H3,(H,30,34). The zero-order valence-electron chi connectivity index (χ0n) is 21.0. The van der Waals surface area contributed by atoms with Gasteiger partial charge < -0.3 is 15.6 Å². The molecule has 3 aromatic rings. The van der Waals surface area contributed by atoms with E-state index >= 15 is 0 Å². The zero-order chi connectivity index (χ0) is 25.9. The predicted molar refractivity (Wildman–Crippen MR) is 144 cm³/mol. The van der Waals surface area contributed by atoms with Crippen LogP contribution < -0.4 is 11.1 Å². The van der Waals surface area contributed by atoms with Crippen molar-refractivity contribution in [1.82, 2.24) is 4.90 Å². The van der Waals surface area contributed by atoms with Crippen LogP contribution in [0.5, 0.6) is 5.75 Å². The number of thiophene rings is 1. The summed E-state index contributed by atoms with van der Waals surface area (Å²) >= 11 is 1.51. The number of nitrogens with two attached hydrogens (primary N) is 1. The number of carbonyl (C=O) groups excluding carboxylic acids is 2. The Labute approximate surface area is 215 Å². The first kappa shape index (κ1) is 25.7. The third-order valence-electron chi connectivity index (χ3n) is 6.08. The number of ketones is 1. The Morgan fingerprint density at radius 1 is 1.17 bits per heavy atom. The fourth-order valence-electron chi connectivity index (χ4n) is 4.46. The van der Waals surface area contributed by atoms with Crippen LogP contribution in [0.15, 0.2) is 48.5 Å². The van der Waals surface area contributed by atoms with Gasteiger partial charge in [0.25, 0.3) is 0 Å². The van der Waals surface area contributed by atoms with E-state index in [-0.39, 0.29) is 11.5 Å². The van der Waals surface area contributed by atoms with E-state index in [2.05, 4.69) is 10.2 Å². The van der Waals surface area contributed by atoms with Gasteiger partial charge in [-0.05, 0) is 63.8 Å². The minimum atomic E-state index is -0.606. The second-order valence-electron chi connectivity index (χ2n) is 10.0. The SMILES string of the molecule is CC(C)(C)OC(=O)Nc1cc(O)ccc1CCCN1CCc2c(sc(N)c2C(=O)c2ccccc2)C1. The van der Waals surface area contributed by atoms with Crippen LogP contribution in [0.4, 0.5) is 15.5 Å². The molecule has 4 rings (SSSR count). The molecular weight excluding hydrogens is 474 g/mol. The zero-order valence-corrected chi connectivity index (χ0v) is 21.8. The van der Waals surface area contributed by atoms with Crippen LogP contribution in [0.1, 0.15) is 59.1 Å². The molecular formula is C28H33N3O4S. The quantitative estimate of drug-likeness (QED) is 0.359. The van der Waals surface area contributed by atoms with Gasteiger partial charge in [-0.1, -0.05) is 36.4 Å². The highest BCUT2D eigenvalue weighted by Crippen LogP contribution is 2.36. The van der Waals surface area contributed by atoms with Crippen LogP contribution in [0.25, 0.3) is 0 Å². The number of hydrogen-bond donors (Lipinski definition) is 3.